The number of nitrogens with zero attached hydrogens (tertiary/aromatic N) is 2. The second-order valence-electron chi connectivity index (χ2n) is 6.40. The van der Waals surface area contributed by atoms with Gasteiger partial charge in [-0.1, -0.05) is 0 Å². The van der Waals surface area contributed by atoms with Gasteiger partial charge in [0.05, 0.1) is 24.7 Å². The van der Waals surface area contributed by atoms with Gasteiger partial charge in [-0.2, -0.15) is 18.3 Å². The molecule has 2 aromatic rings. The van der Waals surface area contributed by atoms with Crippen molar-refractivity contribution in [3.63, 3.8) is 0 Å². The van der Waals surface area contributed by atoms with E-state index in [1.807, 2.05) is 0 Å². The molecule has 158 valence electrons. The topological polar surface area (TPSA) is 102 Å². The number of hydrogen-bond acceptors (Lipinski definition) is 5. The number of nitrogens with one attached hydrogen (secondary N) is 2. The van der Waals surface area contributed by atoms with Gasteiger partial charge in [-0.15, -0.1) is 0 Å². The largest absolute Gasteiger partial charge is 0.435 e. The molecule has 0 bridgehead atoms. The summed E-state index contributed by atoms with van der Waals surface area (Å²) in [4.78, 5) is 11.0. The molecule has 2 heterocycles. The third kappa shape index (κ3) is 4.95. The van der Waals surface area contributed by atoms with Crippen LogP contribution in [0.5, 0.6) is 0 Å². The predicted octanol–water partition coefficient (Wildman–Crippen LogP) is 1.91. The third-order valence-corrected chi connectivity index (χ3v) is 5.74. The molecule has 0 aliphatic carbocycles. The molecule has 1 amide bonds. The Bertz CT molecular complexity index is 1000. The van der Waals surface area contributed by atoms with Crippen molar-refractivity contribution in [3.8, 4) is 0 Å². The van der Waals surface area contributed by atoms with Crippen molar-refractivity contribution in [2.45, 2.75) is 37.6 Å². The van der Waals surface area contributed by atoms with Gasteiger partial charge in [0.1, 0.15) is 0 Å². The predicted molar refractivity (Wildman–Crippen MR) is 96.5 cm³/mol. The van der Waals surface area contributed by atoms with E-state index < -0.39 is 21.9 Å². The summed E-state index contributed by atoms with van der Waals surface area (Å²) < 4.78 is 72.9. The van der Waals surface area contributed by atoms with Crippen molar-refractivity contribution in [3.05, 3.63) is 41.2 Å². The Labute approximate surface area is 165 Å². The molecule has 1 aromatic carbocycles. The molecule has 1 aromatic heterocycles. The molecule has 12 heteroatoms. The van der Waals surface area contributed by atoms with Gasteiger partial charge in [0, 0.05) is 36.8 Å². The average molecular weight is 432 g/mol. The molecule has 0 fully saturated rings. The summed E-state index contributed by atoms with van der Waals surface area (Å²) >= 11 is 0. The number of carbonyl (C=O) groups is 1. The highest BCUT2D eigenvalue weighted by Crippen LogP contribution is 2.34. The van der Waals surface area contributed by atoms with E-state index >= 15 is 0 Å². The fourth-order valence-electron chi connectivity index (χ4n) is 3.01. The van der Waals surface area contributed by atoms with Crippen molar-refractivity contribution in [2.75, 3.05) is 18.5 Å². The summed E-state index contributed by atoms with van der Waals surface area (Å²) in [6.07, 6.45) is -4.33. The number of fused-ring (bicyclic) bond motifs is 1. The van der Waals surface area contributed by atoms with E-state index in [2.05, 4.69) is 15.1 Å². The van der Waals surface area contributed by atoms with Crippen molar-refractivity contribution >= 4 is 21.6 Å². The SMILES string of the molecule is CC(=O)Nc1ccc(S(=O)(=O)NCCn2nc(C(F)(F)F)c3c2CCOC3)cc1. The van der Waals surface area contributed by atoms with Crippen molar-refractivity contribution < 1.29 is 31.1 Å². The summed E-state index contributed by atoms with van der Waals surface area (Å²) in [5.74, 6) is -0.287. The van der Waals surface area contributed by atoms with Crippen LogP contribution in [-0.4, -0.2) is 37.3 Å². The lowest BCUT2D eigenvalue weighted by Crippen LogP contribution is -2.28. The minimum atomic E-state index is -4.61. The first-order valence-corrected chi connectivity index (χ1v) is 10.2. The third-order valence-electron chi connectivity index (χ3n) is 4.27. The number of benzene rings is 1. The highest BCUT2D eigenvalue weighted by Gasteiger charge is 2.39. The van der Waals surface area contributed by atoms with Crippen LogP contribution in [0.25, 0.3) is 0 Å². The molecular formula is C17H19F3N4O4S. The molecule has 0 spiro atoms. The number of alkyl halides is 3. The first-order chi connectivity index (χ1) is 13.6. The maximum absolute atomic E-state index is 13.2. The zero-order chi connectivity index (χ0) is 21.2. The van der Waals surface area contributed by atoms with Crippen LogP contribution < -0.4 is 10.0 Å². The average Bonchev–Trinajstić information content (AvgIpc) is 3.01. The first-order valence-electron chi connectivity index (χ1n) is 8.69. The van der Waals surface area contributed by atoms with Gasteiger partial charge in [-0.05, 0) is 24.3 Å². The summed E-state index contributed by atoms with van der Waals surface area (Å²) in [5.41, 5.74) is -0.146. The van der Waals surface area contributed by atoms with Crippen LogP contribution in [0.1, 0.15) is 23.9 Å². The van der Waals surface area contributed by atoms with Crippen LogP contribution in [0.4, 0.5) is 18.9 Å². The zero-order valence-electron chi connectivity index (χ0n) is 15.4. The Balaban J connectivity index is 1.69. The van der Waals surface area contributed by atoms with Crippen LogP contribution in [0.2, 0.25) is 0 Å². The number of amides is 1. The molecule has 1 aliphatic heterocycles. The minimum Gasteiger partial charge on any atom is -0.376 e. The van der Waals surface area contributed by atoms with E-state index in [1.165, 1.54) is 35.9 Å². The quantitative estimate of drug-likeness (QED) is 0.726. The smallest absolute Gasteiger partial charge is 0.376 e. The highest BCUT2D eigenvalue weighted by atomic mass is 32.2. The van der Waals surface area contributed by atoms with Gasteiger partial charge in [0.25, 0.3) is 0 Å². The minimum absolute atomic E-state index is 0.000155. The number of rotatable bonds is 6. The number of hydrogen-bond donors (Lipinski definition) is 2. The van der Waals surface area contributed by atoms with Crippen molar-refractivity contribution in [1.82, 2.24) is 14.5 Å². The molecule has 3 rings (SSSR count). The molecule has 0 saturated heterocycles. The molecule has 1 aliphatic rings. The number of sulfonamides is 1. The second-order valence-corrected chi connectivity index (χ2v) is 8.17. The summed E-state index contributed by atoms with van der Waals surface area (Å²) in [7, 11) is -3.87. The van der Waals surface area contributed by atoms with Gasteiger partial charge in [-0.3, -0.25) is 9.48 Å². The molecule has 0 atom stereocenters. The van der Waals surface area contributed by atoms with Crippen LogP contribution in [0.3, 0.4) is 0 Å². The maximum atomic E-state index is 13.2. The standard InChI is InChI=1S/C17H19F3N4O4S/c1-11(25)22-12-2-4-13(5-3-12)29(26,27)21-7-8-24-15-6-9-28-10-14(15)16(23-24)17(18,19)20/h2-5,21H,6-10H2,1H3,(H,22,25). The van der Waals surface area contributed by atoms with Crippen LogP contribution >= 0.6 is 0 Å². The van der Waals surface area contributed by atoms with E-state index in [0.717, 1.165) is 0 Å². The summed E-state index contributed by atoms with van der Waals surface area (Å²) in [6, 6.07) is 5.52. The fourth-order valence-corrected chi connectivity index (χ4v) is 4.03. The van der Waals surface area contributed by atoms with Gasteiger partial charge in [-0.25, -0.2) is 13.1 Å². The number of anilines is 1. The molecule has 0 unspecified atom stereocenters. The summed E-state index contributed by atoms with van der Waals surface area (Å²) in [5, 5.41) is 6.15. The van der Waals surface area contributed by atoms with Crippen LogP contribution in [-0.2, 0) is 45.3 Å². The van der Waals surface area contributed by atoms with E-state index in [1.54, 1.807) is 0 Å². The van der Waals surface area contributed by atoms with Crippen LogP contribution in [0.15, 0.2) is 29.2 Å². The van der Waals surface area contributed by atoms with Crippen molar-refractivity contribution in [2.24, 2.45) is 0 Å². The van der Waals surface area contributed by atoms with E-state index in [9.17, 15) is 26.4 Å². The first kappa shape index (κ1) is 21.3. The molecule has 0 radical (unpaired) electrons. The normalized spacial score (nSPS) is 14.5. The van der Waals surface area contributed by atoms with Gasteiger partial charge in [0.2, 0.25) is 15.9 Å². The monoisotopic (exact) mass is 432 g/mol. The molecule has 29 heavy (non-hydrogen) atoms. The lowest BCUT2D eigenvalue weighted by Gasteiger charge is -2.15. The van der Waals surface area contributed by atoms with Gasteiger partial charge < -0.3 is 10.1 Å². The molecule has 0 saturated carbocycles. The Morgan fingerprint density at radius 3 is 2.59 bits per heavy atom. The van der Waals surface area contributed by atoms with E-state index in [4.69, 9.17) is 4.74 Å². The van der Waals surface area contributed by atoms with E-state index in [0.29, 0.717) is 11.4 Å². The Morgan fingerprint density at radius 2 is 1.97 bits per heavy atom. The zero-order valence-corrected chi connectivity index (χ0v) is 16.2. The number of carbonyl (C=O) groups excluding carboxylic acids is 1. The van der Waals surface area contributed by atoms with Crippen molar-refractivity contribution in [1.29, 1.82) is 0 Å². The lowest BCUT2D eigenvalue weighted by molar-refractivity contribution is -0.142. The molecular weight excluding hydrogens is 413 g/mol. The number of aromatic nitrogens is 2. The second kappa shape index (κ2) is 8.13. The summed E-state index contributed by atoms with van der Waals surface area (Å²) in [6.45, 7) is 1.25. The Hall–Kier alpha value is -2.44. The number of halogens is 3. The Morgan fingerprint density at radius 1 is 1.28 bits per heavy atom. The highest BCUT2D eigenvalue weighted by molar-refractivity contribution is 7.89. The fraction of sp³-hybridized carbons (Fsp3) is 0.412. The van der Waals surface area contributed by atoms with Gasteiger partial charge in [0.15, 0.2) is 5.69 Å². The van der Waals surface area contributed by atoms with Gasteiger partial charge >= 0.3 is 6.18 Å². The molecule has 8 nitrogen and oxygen atoms in total. The van der Waals surface area contributed by atoms with Crippen LogP contribution in [0, 0.1) is 0 Å². The maximum Gasteiger partial charge on any atom is 0.435 e. The molecule has 2 N–H and O–H groups in total. The lowest BCUT2D eigenvalue weighted by atomic mass is 10.1. The Kier molecular flexibility index (Phi) is 5.96. The van der Waals surface area contributed by atoms with E-state index in [-0.39, 0.29) is 49.1 Å². The number of ether oxygens (including phenoxy) is 1.